The third kappa shape index (κ3) is 6.61. The summed E-state index contributed by atoms with van der Waals surface area (Å²) in [6, 6.07) is 8.09. The van der Waals surface area contributed by atoms with E-state index in [0.717, 1.165) is 21.1 Å². The SMILES string of the molecule is BrCc1cccnc1Br.Brc1ncccc1CN1CCCCC1. The number of rotatable bonds is 3. The second-order valence-electron chi connectivity index (χ2n) is 5.38. The first-order valence-corrected chi connectivity index (χ1v) is 10.4. The number of halogens is 3. The lowest BCUT2D eigenvalue weighted by Gasteiger charge is -2.26. The Hall–Kier alpha value is -0.300. The minimum Gasteiger partial charge on any atom is -0.299 e. The topological polar surface area (TPSA) is 29.0 Å². The van der Waals surface area contributed by atoms with Crippen LogP contribution in [-0.4, -0.2) is 28.0 Å². The van der Waals surface area contributed by atoms with Crippen LogP contribution in [0.1, 0.15) is 30.4 Å². The second kappa shape index (κ2) is 10.5. The van der Waals surface area contributed by atoms with Gasteiger partial charge in [-0.3, -0.25) is 4.90 Å². The molecule has 1 aliphatic heterocycles. The van der Waals surface area contributed by atoms with Gasteiger partial charge >= 0.3 is 0 Å². The standard InChI is InChI=1S/C11H15BrN2.C6H5Br2N/c12-11-10(5-4-6-13-11)9-14-7-2-1-3-8-14;7-4-5-2-1-3-9-6(5)8/h4-6H,1-3,7-9H2;1-3H,4H2. The molecule has 3 rings (SSSR count). The lowest BCUT2D eigenvalue weighted by molar-refractivity contribution is 0.220. The molecule has 0 radical (unpaired) electrons. The van der Waals surface area contributed by atoms with Gasteiger partial charge in [-0.1, -0.05) is 34.5 Å². The van der Waals surface area contributed by atoms with Gasteiger partial charge in [0.25, 0.3) is 0 Å². The van der Waals surface area contributed by atoms with Crippen molar-refractivity contribution in [2.24, 2.45) is 0 Å². The number of hydrogen-bond donors (Lipinski definition) is 0. The molecule has 0 saturated carbocycles. The Balaban J connectivity index is 0.000000185. The third-order valence-electron chi connectivity index (χ3n) is 3.66. The zero-order valence-electron chi connectivity index (χ0n) is 12.9. The highest BCUT2D eigenvalue weighted by atomic mass is 79.9. The van der Waals surface area contributed by atoms with Crippen LogP contribution in [0.5, 0.6) is 0 Å². The van der Waals surface area contributed by atoms with Crippen molar-refractivity contribution >= 4 is 47.8 Å². The second-order valence-corrected chi connectivity index (χ2v) is 7.44. The van der Waals surface area contributed by atoms with Crippen molar-refractivity contribution in [3.05, 3.63) is 57.0 Å². The van der Waals surface area contributed by atoms with Gasteiger partial charge in [0.15, 0.2) is 0 Å². The molecule has 2 aromatic rings. The number of likely N-dealkylation sites (tertiary alicyclic amines) is 1. The van der Waals surface area contributed by atoms with Gasteiger partial charge in [-0.05, 0) is 81.1 Å². The van der Waals surface area contributed by atoms with Crippen molar-refractivity contribution in [3.63, 3.8) is 0 Å². The van der Waals surface area contributed by atoms with Crippen molar-refractivity contribution < 1.29 is 0 Å². The van der Waals surface area contributed by atoms with Crippen LogP contribution in [0, 0.1) is 0 Å². The molecule has 1 aliphatic rings. The predicted molar refractivity (Wildman–Crippen MR) is 106 cm³/mol. The van der Waals surface area contributed by atoms with E-state index in [4.69, 9.17) is 0 Å². The van der Waals surface area contributed by atoms with Crippen molar-refractivity contribution in [2.45, 2.75) is 31.1 Å². The summed E-state index contributed by atoms with van der Waals surface area (Å²) in [5.74, 6) is 0. The van der Waals surface area contributed by atoms with Crippen molar-refractivity contribution in [2.75, 3.05) is 13.1 Å². The van der Waals surface area contributed by atoms with Crippen LogP contribution in [0.3, 0.4) is 0 Å². The molecule has 0 amide bonds. The zero-order valence-corrected chi connectivity index (χ0v) is 17.6. The van der Waals surface area contributed by atoms with Crippen molar-refractivity contribution in [1.82, 2.24) is 14.9 Å². The Morgan fingerprint density at radius 1 is 0.870 bits per heavy atom. The van der Waals surface area contributed by atoms with Crippen LogP contribution in [0.15, 0.2) is 45.9 Å². The van der Waals surface area contributed by atoms with Crippen LogP contribution in [0.2, 0.25) is 0 Å². The maximum atomic E-state index is 4.23. The summed E-state index contributed by atoms with van der Waals surface area (Å²) in [6.45, 7) is 3.51. The molecule has 0 bridgehead atoms. The van der Waals surface area contributed by atoms with E-state index in [-0.39, 0.29) is 0 Å². The molecule has 0 aromatic carbocycles. The summed E-state index contributed by atoms with van der Waals surface area (Å²) in [7, 11) is 0. The van der Waals surface area contributed by atoms with E-state index in [0.29, 0.717) is 0 Å². The van der Waals surface area contributed by atoms with Gasteiger partial charge in [0.05, 0.1) is 0 Å². The average Bonchev–Trinajstić information content (AvgIpc) is 2.59. The molecule has 1 fully saturated rings. The fourth-order valence-corrected chi connectivity index (χ4v) is 4.01. The molecule has 3 heterocycles. The number of aromatic nitrogens is 2. The van der Waals surface area contributed by atoms with E-state index < -0.39 is 0 Å². The van der Waals surface area contributed by atoms with Crippen LogP contribution in [0.4, 0.5) is 0 Å². The molecule has 0 unspecified atom stereocenters. The van der Waals surface area contributed by atoms with Gasteiger partial charge < -0.3 is 0 Å². The van der Waals surface area contributed by atoms with E-state index >= 15 is 0 Å². The largest absolute Gasteiger partial charge is 0.299 e. The lowest BCUT2D eigenvalue weighted by Crippen LogP contribution is -2.29. The van der Waals surface area contributed by atoms with Crippen LogP contribution in [0.25, 0.3) is 0 Å². The molecule has 6 heteroatoms. The first kappa shape index (κ1) is 19.0. The van der Waals surface area contributed by atoms with Gasteiger partial charge in [-0.2, -0.15) is 0 Å². The molecule has 23 heavy (non-hydrogen) atoms. The summed E-state index contributed by atoms with van der Waals surface area (Å²) in [4.78, 5) is 10.8. The lowest BCUT2D eigenvalue weighted by atomic mass is 10.1. The highest BCUT2D eigenvalue weighted by molar-refractivity contribution is 9.11. The highest BCUT2D eigenvalue weighted by Gasteiger charge is 2.11. The summed E-state index contributed by atoms with van der Waals surface area (Å²) >= 11 is 10.1. The molecule has 0 N–H and O–H groups in total. The summed E-state index contributed by atoms with van der Waals surface area (Å²) in [5.41, 5.74) is 2.48. The molecule has 1 saturated heterocycles. The van der Waals surface area contributed by atoms with Gasteiger partial charge in [0.1, 0.15) is 9.21 Å². The molecule has 3 nitrogen and oxygen atoms in total. The fourth-order valence-electron chi connectivity index (χ4n) is 2.41. The summed E-state index contributed by atoms with van der Waals surface area (Å²) in [6.07, 6.45) is 7.67. The molecule has 0 atom stereocenters. The minimum atomic E-state index is 0.849. The predicted octanol–water partition coefficient (Wildman–Crippen LogP) is 5.57. The Morgan fingerprint density at radius 3 is 1.91 bits per heavy atom. The van der Waals surface area contributed by atoms with E-state index in [2.05, 4.69) is 68.7 Å². The highest BCUT2D eigenvalue weighted by Crippen LogP contribution is 2.18. The normalized spacial score (nSPS) is 14.9. The molecular weight excluding hydrogens is 486 g/mol. The fraction of sp³-hybridized carbons (Fsp3) is 0.412. The molecule has 0 spiro atoms. The first-order valence-electron chi connectivity index (χ1n) is 7.68. The maximum absolute atomic E-state index is 4.23. The Labute approximate surface area is 163 Å². The van der Waals surface area contributed by atoms with E-state index in [1.807, 2.05) is 24.4 Å². The van der Waals surface area contributed by atoms with E-state index in [1.165, 1.54) is 43.5 Å². The first-order chi connectivity index (χ1) is 11.2. The van der Waals surface area contributed by atoms with Crippen LogP contribution < -0.4 is 0 Å². The minimum absolute atomic E-state index is 0.849. The van der Waals surface area contributed by atoms with E-state index in [9.17, 15) is 0 Å². The maximum Gasteiger partial charge on any atom is 0.110 e. The van der Waals surface area contributed by atoms with Crippen molar-refractivity contribution in [3.8, 4) is 0 Å². The van der Waals surface area contributed by atoms with Gasteiger partial charge in [-0.15, -0.1) is 0 Å². The summed E-state index contributed by atoms with van der Waals surface area (Å²) in [5, 5.41) is 0.849. The van der Waals surface area contributed by atoms with Gasteiger partial charge in [-0.25, -0.2) is 9.97 Å². The average molecular weight is 506 g/mol. The number of nitrogens with zero attached hydrogens (tertiary/aromatic N) is 3. The quantitative estimate of drug-likeness (QED) is 0.403. The molecular formula is C17H20Br3N3. The van der Waals surface area contributed by atoms with Gasteiger partial charge in [0.2, 0.25) is 0 Å². The Kier molecular flexibility index (Phi) is 8.72. The Bertz CT molecular complexity index is 601. The van der Waals surface area contributed by atoms with Crippen LogP contribution in [-0.2, 0) is 11.9 Å². The van der Waals surface area contributed by atoms with Gasteiger partial charge in [0, 0.05) is 24.3 Å². The number of alkyl halides is 1. The number of pyridine rings is 2. The van der Waals surface area contributed by atoms with Crippen LogP contribution >= 0.6 is 47.8 Å². The number of hydrogen-bond acceptors (Lipinski definition) is 3. The smallest absolute Gasteiger partial charge is 0.110 e. The number of piperidine rings is 1. The van der Waals surface area contributed by atoms with Crippen molar-refractivity contribution in [1.29, 1.82) is 0 Å². The zero-order chi connectivity index (χ0) is 16.5. The molecule has 2 aromatic heterocycles. The van der Waals surface area contributed by atoms with E-state index in [1.54, 1.807) is 6.20 Å². The third-order valence-corrected chi connectivity index (χ3v) is 5.69. The Morgan fingerprint density at radius 2 is 1.43 bits per heavy atom. The molecule has 0 aliphatic carbocycles. The monoisotopic (exact) mass is 503 g/mol. The summed E-state index contributed by atoms with van der Waals surface area (Å²) < 4.78 is 1.91. The molecule has 124 valence electrons.